The fourth-order valence-electron chi connectivity index (χ4n) is 2.95. The number of piperazine rings is 1. The number of benzene rings is 1. The minimum atomic E-state index is -3.51. The fourth-order valence-corrected chi connectivity index (χ4v) is 5.29. The molecule has 0 unspecified atom stereocenters. The van der Waals surface area contributed by atoms with E-state index < -0.39 is 10.0 Å². The molecule has 2 heterocycles. The van der Waals surface area contributed by atoms with Crippen LogP contribution in [0.2, 0.25) is 0 Å². The Bertz CT molecular complexity index is 810. The molecule has 6 nitrogen and oxygen atoms in total. The van der Waals surface area contributed by atoms with Crippen LogP contribution < -0.4 is 9.62 Å². The SMILES string of the molecule is COCCN1CCN(c2ccc(NS(=O)(=O)c3ccc(C)s3)cc2)CC1. The van der Waals surface area contributed by atoms with Crippen LogP contribution in [0.4, 0.5) is 11.4 Å². The Morgan fingerprint density at radius 2 is 1.77 bits per heavy atom. The highest BCUT2D eigenvalue weighted by atomic mass is 32.2. The summed E-state index contributed by atoms with van der Waals surface area (Å²) in [5.74, 6) is 0. The minimum Gasteiger partial charge on any atom is -0.383 e. The highest BCUT2D eigenvalue weighted by molar-refractivity contribution is 7.94. The minimum absolute atomic E-state index is 0.339. The first-order chi connectivity index (χ1) is 12.5. The van der Waals surface area contributed by atoms with Gasteiger partial charge in [-0.25, -0.2) is 8.42 Å². The first-order valence-electron chi connectivity index (χ1n) is 8.63. The van der Waals surface area contributed by atoms with Gasteiger partial charge in [0.2, 0.25) is 0 Å². The monoisotopic (exact) mass is 395 g/mol. The summed E-state index contributed by atoms with van der Waals surface area (Å²) >= 11 is 1.27. The molecular weight excluding hydrogens is 370 g/mol. The van der Waals surface area contributed by atoms with Crippen LogP contribution in [0, 0.1) is 6.92 Å². The standard InChI is InChI=1S/C18H25N3O3S2/c1-15-3-8-18(25-15)26(22,23)19-16-4-6-17(7-5-16)21-11-9-20(10-12-21)13-14-24-2/h3-8,19H,9-14H2,1-2H3. The lowest BCUT2D eigenvalue weighted by molar-refractivity contribution is 0.144. The number of aryl methyl sites for hydroxylation is 1. The molecule has 1 fully saturated rings. The maximum Gasteiger partial charge on any atom is 0.271 e. The summed E-state index contributed by atoms with van der Waals surface area (Å²) in [6.45, 7) is 7.57. The molecule has 1 N–H and O–H groups in total. The lowest BCUT2D eigenvalue weighted by atomic mass is 10.2. The summed E-state index contributed by atoms with van der Waals surface area (Å²) < 4.78 is 32.9. The molecule has 1 saturated heterocycles. The Hall–Kier alpha value is -1.61. The summed E-state index contributed by atoms with van der Waals surface area (Å²) in [6.07, 6.45) is 0. The molecule has 0 saturated carbocycles. The molecule has 1 aliphatic heterocycles. The van der Waals surface area contributed by atoms with Gasteiger partial charge >= 0.3 is 0 Å². The average Bonchev–Trinajstić information content (AvgIpc) is 3.08. The largest absolute Gasteiger partial charge is 0.383 e. The zero-order valence-electron chi connectivity index (χ0n) is 15.1. The van der Waals surface area contributed by atoms with E-state index in [4.69, 9.17) is 4.74 Å². The Kier molecular flexibility index (Phi) is 6.18. The number of sulfonamides is 1. The number of nitrogens with one attached hydrogen (secondary N) is 1. The summed E-state index contributed by atoms with van der Waals surface area (Å²) in [6, 6.07) is 11.0. The van der Waals surface area contributed by atoms with Crippen molar-refractivity contribution in [1.29, 1.82) is 0 Å². The number of thiophene rings is 1. The van der Waals surface area contributed by atoms with Crippen LogP contribution in [0.3, 0.4) is 0 Å². The van der Waals surface area contributed by atoms with Crippen molar-refractivity contribution in [3.05, 3.63) is 41.3 Å². The van der Waals surface area contributed by atoms with E-state index in [-0.39, 0.29) is 0 Å². The third-order valence-electron chi connectivity index (χ3n) is 4.45. The van der Waals surface area contributed by atoms with Gasteiger partial charge in [0.25, 0.3) is 10.0 Å². The second kappa shape index (κ2) is 8.39. The van der Waals surface area contributed by atoms with Crippen LogP contribution in [0.5, 0.6) is 0 Å². The van der Waals surface area contributed by atoms with Crippen LogP contribution in [0.15, 0.2) is 40.6 Å². The van der Waals surface area contributed by atoms with Gasteiger partial charge in [-0.05, 0) is 43.3 Å². The van der Waals surface area contributed by atoms with Gasteiger partial charge in [-0.1, -0.05) is 0 Å². The van der Waals surface area contributed by atoms with Crippen molar-refractivity contribution in [2.24, 2.45) is 0 Å². The molecule has 1 aromatic carbocycles. The van der Waals surface area contributed by atoms with E-state index in [9.17, 15) is 8.42 Å². The van der Waals surface area contributed by atoms with Gasteiger partial charge in [0.15, 0.2) is 0 Å². The van der Waals surface area contributed by atoms with Crippen LogP contribution in [-0.2, 0) is 14.8 Å². The van der Waals surface area contributed by atoms with Crippen molar-refractivity contribution in [3.8, 4) is 0 Å². The third kappa shape index (κ3) is 4.76. The van der Waals surface area contributed by atoms with Crippen molar-refractivity contribution < 1.29 is 13.2 Å². The third-order valence-corrected chi connectivity index (χ3v) is 7.32. The molecule has 0 spiro atoms. The maximum atomic E-state index is 12.4. The number of hydrogen-bond donors (Lipinski definition) is 1. The van der Waals surface area contributed by atoms with Crippen molar-refractivity contribution >= 4 is 32.7 Å². The van der Waals surface area contributed by atoms with E-state index in [0.717, 1.165) is 49.9 Å². The number of ether oxygens (including phenoxy) is 1. The lowest BCUT2D eigenvalue weighted by Gasteiger charge is -2.36. The molecule has 0 atom stereocenters. The molecule has 0 amide bonds. The molecule has 142 valence electrons. The maximum absolute atomic E-state index is 12.4. The summed E-state index contributed by atoms with van der Waals surface area (Å²) in [5.41, 5.74) is 1.70. The molecular formula is C18H25N3O3S2. The van der Waals surface area contributed by atoms with Crippen molar-refractivity contribution in [2.45, 2.75) is 11.1 Å². The molecule has 0 radical (unpaired) electrons. The Morgan fingerprint density at radius 1 is 1.08 bits per heavy atom. The topological polar surface area (TPSA) is 61.9 Å². The van der Waals surface area contributed by atoms with E-state index in [2.05, 4.69) is 14.5 Å². The van der Waals surface area contributed by atoms with Crippen molar-refractivity contribution in [3.63, 3.8) is 0 Å². The van der Waals surface area contributed by atoms with Crippen LogP contribution in [0.1, 0.15) is 4.88 Å². The van der Waals surface area contributed by atoms with Crippen LogP contribution >= 0.6 is 11.3 Å². The zero-order chi connectivity index (χ0) is 18.6. The van der Waals surface area contributed by atoms with Gasteiger partial charge in [0, 0.05) is 56.1 Å². The number of methoxy groups -OCH3 is 1. The highest BCUT2D eigenvalue weighted by Gasteiger charge is 2.18. The second-order valence-corrected chi connectivity index (χ2v) is 9.54. The summed E-state index contributed by atoms with van der Waals surface area (Å²) in [4.78, 5) is 5.70. The molecule has 0 aliphatic carbocycles. The first-order valence-corrected chi connectivity index (χ1v) is 10.9. The van der Waals surface area contributed by atoms with E-state index in [1.807, 2.05) is 37.3 Å². The smallest absolute Gasteiger partial charge is 0.271 e. The fraction of sp³-hybridized carbons (Fsp3) is 0.444. The Labute approximate surface area is 159 Å². The van der Waals surface area contributed by atoms with Gasteiger partial charge in [0.05, 0.1) is 6.61 Å². The first kappa shape index (κ1) is 19.2. The Balaban J connectivity index is 1.59. The zero-order valence-corrected chi connectivity index (χ0v) is 16.8. The van der Waals surface area contributed by atoms with E-state index in [0.29, 0.717) is 9.90 Å². The number of nitrogens with zero attached hydrogens (tertiary/aromatic N) is 2. The normalized spacial score (nSPS) is 16.0. The predicted molar refractivity (Wildman–Crippen MR) is 107 cm³/mol. The molecule has 3 rings (SSSR count). The van der Waals surface area contributed by atoms with Crippen molar-refractivity contribution in [1.82, 2.24) is 4.90 Å². The molecule has 0 bridgehead atoms. The molecule has 2 aromatic rings. The molecule has 1 aromatic heterocycles. The quantitative estimate of drug-likeness (QED) is 0.781. The van der Waals surface area contributed by atoms with Gasteiger partial charge in [0.1, 0.15) is 4.21 Å². The van der Waals surface area contributed by atoms with E-state index in [1.165, 1.54) is 11.3 Å². The van der Waals surface area contributed by atoms with Gasteiger partial charge in [-0.3, -0.25) is 9.62 Å². The number of rotatable bonds is 7. The van der Waals surface area contributed by atoms with E-state index >= 15 is 0 Å². The molecule has 8 heteroatoms. The Morgan fingerprint density at radius 3 is 2.35 bits per heavy atom. The van der Waals surface area contributed by atoms with Gasteiger partial charge < -0.3 is 9.64 Å². The molecule has 1 aliphatic rings. The average molecular weight is 396 g/mol. The van der Waals surface area contributed by atoms with E-state index in [1.54, 1.807) is 13.2 Å². The highest BCUT2D eigenvalue weighted by Crippen LogP contribution is 2.25. The van der Waals surface area contributed by atoms with Gasteiger partial charge in [-0.15, -0.1) is 11.3 Å². The number of hydrogen-bond acceptors (Lipinski definition) is 6. The van der Waals surface area contributed by atoms with Crippen molar-refractivity contribution in [2.75, 3.05) is 56.1 Å². The van der Waals surface area contributed by atoms with Gasteiger partial charge in [-0.2, -0.15) is 0 Å². The second-order valence-electron chi connectivity index (χ2n) is 6.34. The summed E-state index contributed by atoms with van der Waals surface area (Å²) in [7, 11) is -1.78. The van der Waals surface area contributed by atoms with Crippen LogP contribution in [-0.4, -0.2) is 59.8 Å². The predicted octanol–water partition coefficient (Wildman–Crippen LogP) is 2.63. The van der Waals surface area contributed by atoms with Crippen LogP contribution in [0.25, 0.3) is 0 Å². The molecule has 26 heavy (non-hydrogen) atoms. The number of anilines is 2. The summed E-state index contributed by atoms with van der Waals surface area (Å²) in [5, 5.41) is 0. The lowest BCUT2D eigenvalue weighted by Crippen LogP contribution is -2.47.